The summed E-state index contributed by atoms with van der Waals surface area (Å²) in [6, 6.07) is 16.2. The van der Waals surface area contributed by atoms with Gasteiger partial charge in [0.25, 0.3) is 15.9 Å². The Morgan fingerprint density at radius 3 is 2.21 bits per heavy atom. The first-order valence-electron chi connectivity index (χ1n) is 9.77. The van der Waals surface area contributed by atoms with E-state index < -0.39 is 15.9 Å². The van der Waals surface area contributed by atoms with Gasteiger partial charge in [-0.2, -0.15) is 5.10 Å². The van der Waals surface area contributed by atoms with Crippen molar-refractivity contribution in [2.75, 3.05) is 10.0 Å². The van der Waals surface area contributed by atoms with Gasteiger partial charge < -0.3 is 5.32 Å². The number of nitrogens with one attached hydrogen (secondary N) is 3. The lowest BCUT2D eigenvalue weighted by atomic mass is 10.1. The van der Waals surface area contributed by atoms with Crippen LogP contribution in [0.2, 0.25) is 5.02 Å². The Morgan fingerprint density at radius 2 is 1.58 bits per heavy atom. The standard InChI is InChI=1S/C22H19ClN6O3S/c1-13-11-14(2)25-22(24-13)29-33(31,32)18-9-7-17(8-10-18)26-21(30)20-12-19(27-28-20)15-3-5-16(23)6-4-15/h3-12H,1-2H3,(H,26,30)(H,27,28)(H,24,25,29). The zero-order valence-electron chi connectivity index (χ0n) is 17.6. The monoisotopic (exact) mass is 482 g/mol. The molecule has 0 aliphatic rings. The number of hydrogen-bond donors (Lipinski definition) is 3. The number of anilines is 2. The summed E-state index contributed by atoms with van der Waals surface area (Å²) in [4.78, 5) is 20.7. The maximum absolute atomic E-state index is 12.6. The summed E-state index contributed by atoms with van der Waals surface area (Å²) in [6.45, 7) is 3.50. The van der Waals surface area contributed by atoms with Gasteiger partial charge in [-0.25, -0.2) is 23.1 Å². The normalized spacial score (nSPS) is 11.2. The lowest BCUT2D eigenvalue weighted by Crippen LogP contribution is -2.16. The molecule has 2 aromatic heterocycles. The van der Waals surface area contributed by atoms with Gasteiger partial charge in [-0.3, -0.25) is 9.89 Å². The number of nitrogens with zero attached hydrogens (tertiary/aromatic N) is 3. The number of hydrogen-bond acceptors (Lipinski definition) is 6. The summed E-state index contributed by atoms with van der Waals surface area (Å²) in [5.74, 6) is -0.416. The van der Waals surface area contributed by atoms with Crippen LogP contribution in [0.1, 0.15) is 21.9 Å². The largest absolute Gasteiger partial charge is 0.321 e. The van der Waals surface area contributed by atoms with Crippen molar-refractivity contribution in [3.05, 3.63) is 82.8 Å². The topological polar surface area (TPSA) is 130 Å². The van der Waals surface area contributed by atoms with Gasteiger partial charge in [0.05, 0.1) is 10.6 Å². The highest BCUT2D eigenvalue weighted by atomic mass is 35.5. The molecule has 0 saturated heterocycles. The zero-order valence-corrected chi connectivity index (χ0v) is 19.2. The van der Waals surface area contributed by atoms with Crippen molar-refractivity contribution in [2.45, 2.75) is 18.7 Å². The average Bonchev–Trinajstić information content (AvgIpc) is 3.24. The second-order valence-corrected chi connectivity index (χ2v) is 9.35. The molecule has 2 aromatic carbocycles. The molecule has 0 aliphatic carbocycles. The summed E-state index contributed by atoms with van der Waals surface area (Å²) < 4.78 is 27.6. The molecule has 33 heavy (non-hydrogen) atoms. The molecule has 168 valence electrons. The first kappa shape index (κ1) is 22.4. The highest BCUT2D eigenvalue weighted by Crippen LogP contribution is 2.21. The minimum atomic E-state index is -3.89. The number of H-pyrrole nitrogens is 1. The molecule has 0 aliphatic heterocycles. The van der Waals surface area contributed by atoms with Gasteiger partial charge in [0.15, 0.2) is 0 Å². The summed E-state index contributed by atoms with van der Waals surface area (Å²) in [6.07, 6.45) is 0. The third kappa shape index (κ3) is 5.36. The van der Waals surface area contributed by atoms with E-state index in [4.69, 9.17) is 11.6 Å². The van der Waals surface area contributed by atoms with E-state index in [1.54, 1.807) is 50.2 Å². The Hall–Kier alpha value is -3.76. The molecule has 2 heterocycles. The molecule has 0 atom stereocenters. The molecular weight excluding hydrogens is 464 g/mol. The van der Waals surface area contributed by atoms with Crippen molar-refractivity contribution in [3.63, 3.8) is 0 Å². The number of aryl methyl sites for hydroxylation is 2. The van der Waals surface area contributed by atoms with E-state index in [9.17, 15) is 13.2 Å². The molecule has 4 rings (SSSR count). The summed E-state index contributed by atoms with van der Waals surface area (Å²) in [5, 5.41) is 10.2. The summed E-state index contributed by atoms with van der Waals surface area (Å²) >= 11 is 5.90. The van der Waals surface area contributed by atoms with E-state index in [1.165, 1.54) is 24.3 Å². The Labute approximate surface area is 195 Å². The lowest BCUT2D eigenvalue weighted by molar-refractivity contribution is 0.102. The maximum atomic E-state index is 12.6. The van der Waals surface area contributed by atoms with Gasteiger partial charge in [0.1, 0.15) is 5.69 Å². The van der Waals surface area contributed by atoms with E-state index in [2.05, 4.69) is 30.2 Å². The Balaban J connectivity index is 1.45. The van der Waals surface area contributed by atoms with Crippen LogP contribution in [-0.4, -0.2) is 34.5 Å². The molecule has 9 nitrogen and oxygen atoms in total. The fourth-order valence-electron chi connectivity index (χ4n) is 3.07. The molecule has 0 bridgehead atoms. The van der Waals surface area contributed by atoms with Crippen molar-refractivity contribution in [1.29, 1.82) is 0 Å². The molecule has 0 saturated carbocycles. The third-order valence-electron chi connectivity index (χ3n) is 4.59. The minimum Gasteiger partial charge on any atom is -0.321 e. The van der Waals surface area contributed by atoms with Crippen molar-refractivity contribution in [3.8, 4) is 11.3 Å². The summed E-state index contributed by atoms with van der Waals surface area (Å²) in [5.41, 5.74) is 3.38. The fraction of sp³-hybridized carbons (Fsp3) is 0.0909. The first-order valence-corrected chi connectivity index (χ1v) is 11.6. The van der Waals surface area contributed by atoms with Crippen LogP contribution in [0.3, 0.4) is 0 Å². The number of aromatic nitrogens is 4. The number of aromatic amines is 1. The van der Waals surface area contributed by atoms with Gasteiger partial charge in [0, 0.05) is 27.7 Å². The van der Waals surface area contributed by atoms with Crippen molar-refractivity contribution < 1.29 is 13.2 Å². The van der Waals surface area contributed by atoms with Crippen molar-refractivity contribution in [2.24, 2.45) is 0 Å². The second kappa shape index (κ2) is 9.00. The first-order chi connectivity index (χ1) is 15.7. The van der Waals surface area contributed by atoms with E-state index in [-0.39, 0.29) is 16.5 Å². The molecule has 0 radical (unpaired) electrons. The molecule has 3 N–H and O–H groups in total. The van der Waals surface area contributed by atoms with Gasteiger partial charge in [-0.1, -0.05) is 23.7 Å². The molecule has 1 amide bonds. The predicted octanol–water partition coefficient (Wildman–Crippen LogP) is 4.19. The van der Waals surface area contributed by atoms with Crippen LogP contribution < -0.4 is 10.0 Å². The highest BCUT2D eigenvalue weighted by molar-refractivity contribution is 7.92. The second-order valence-electron chi connectivity index (χ2n) is 7.23. The van der Waals surface area contributed by atoms with Gasteiger partial charge >= 0.3 is 0 Å². The SMILES string of the molecule is Cc1cc(C)nc(NS(=O)(=O)c2ccc(NC(=O)c3cc(-c4ccc(Cl)cc4)n[nH]3)cc2)n1. The molecule has 4 aromatic rings. The smallest absolute Gasteiger partial charge is 0.273 e. The molecule has 0 fully saturated rings. The van der Waals surface area contributed by atoms with E-state index in [1.807, 2.05) is 0 Å². The van der Waals surface area contributed by atoms with Crippen molar-refractivity contribution in [1.82, 2.24) is 20.2 Å². The quantitative estimate of drug-likeness (QED) is 0.378. The third-order valence-corrected chi connectivity index (χ3v) is 6.19. The van der Waals surface area contributed by atoms with Crippen LogP contribution in [0, 0.1) is 13.8 Å². The lowest BCUT2D eigenvalue weighted by Gasteiger charge is -2.09. The zero-order chi connectivity index (χ0) is 23.6. The Bertz CT molecular complexity index is 1400. The van der Waals surface area contributed by atoms with Gasteiger partial charge in [0.2, 0.25) is 5.95 Å². The number of carbonyl (C=O) groups excluding carboxylic acids is 1. The Morgan fingerprint density at radius 1 is 0.939 bits per heavy atom. The predicted molar refractivity (Wildman–Crippen MR) is 126 cm³/mol. The average molecular weight is 483 g/mol. The number of rotatable bonds is 6. The Kier molecular flexibility index (Phi) is 6.12. The van der Waals surface area contributed by atoms with Crippen LogP contribution in [-0.2, 0) is 10.0 Å². The number of benzene rings is 2. The highest BCUT2D eigenvalue weighted by Gasteiger charge is 2.17. The number of sulfonamides is 1. The number of carbonyl (C=O) groups is 1. The van der Waals surface area contributed by atoms with Crippen LogP contribution in [0.15, 0.2) is 65.6 Å². The van der Waals surface area contributed by atoms with E-state index in [0.29, 0.717) is 27.8 Å². The van der Waals surface area contributed by atoms with Crippen LogP contribution >= 0.6 is 11.6 Å². The molecule has 11 heteroatoms. The van der Waals surface area contributed by atoms with Crippen LogP contribution in [0.25, 0.3) is 11.3 Å². The van der Waals surface area contributed by atoms with E-state index >= 15 is 0 Å². The minimum absolute atomic E-state index is 0.000570. The fourth-order valence-corrected chi connectivity index (χ4v) is 4.14. The molecular formula is C22H19ClN6O3S. The molecule has 0 spiro atoms. The van der Waals surface area contributed by atoms with Gasteiger partial charge in [-0.15, -0.1) is 0 Å². The molecule has 0 unspecified atom stereocenters. The number of halogens is 1. The van der Waals surface area contributed by atoms with Crippen LogP contribution in [0.4, 0.5) is 11.6 Å². The maximum Gasteiger partial charge on any atom is 0.273 e. The van der Waals surface area contributed by atoms with E-state index in [0.717, 1.165) is 5.56 Å². The number of amides is 1. The summed E-state index contributed by atoms with van der Waals surface area (Å²) in [7, 11) is -3.89. The van der Waals surface area contributed by atoms with Crippen molar-refractivity contribution >= 4 is 39.2 Å². The van der Waals surface area contributed by atoms with Crippen LogP contribution in [0.5, 0.6) is 0 Å². The van der Waals surface area contributed by atoms with Gasteiger partial charge in [-0.05, 0) is 62.4 Å².